The molecule has 0 saturated carbocycles. The molecule has 6 unspecified atom stereocenters. The van der Waals surface area contributed by atoms with Gasteiger partial charge in [0.25, 0.3) is 0 Å². The zero-order chi connectivity index (χ0) is 48.2. The molecule has 0 aromatic heterocycles. The van der Waals surface area contributed by atoms with Crippen molar-refractivity contribution in [2.75, 3.05) is 26.4 Å². The zero-order valence-electron chi connectivity index (χ0n) is 42.3. The van der Waals surface area contributed by atoms with Gasteiger partial charge in [-0.1, -0.05) is 225 Å². The summed E-state index contributed by atoms with van der Waals surface area (Å²) in [6, 6.07) is 0. The Labute approximate surface area is 404 Å². The predicted octanol–water partition coefficient (Wildman–Crippen LogP) is 13.0. The fourth-order valence-corrected chi connectivity index (χ4v) is 9.24. The highest BCUT2D eigenvalue weighted by molar-refractivity contribution is 7.80. The van der Waals surface area contributed by atoms with Gasteiger partial charge in [0.05, 0.1) is 19.8 Å². The first-order valence-corrected chi connectivity index (χ1v) is 28.8. The van der Waals surface area contributed by atoms with Crippen molar-refractivity contribution < 1.29 is 56.2 Å². The third kappa shape index (κ3) is 37.7. The molecule has 0 radical (unpaired) electrons. The van der Waals surface area contributed by atoms with Crippen LogP contribution in [0.3, 0.4) is 0 Å². The van der Waals surface area contributed by atoms with Crippen molar-refractivity contribution in [3.8, 4) is 0 Å². The Bertz CT molecular complexity index is 1200. The van der Waals surface area contributed by atoms with Crippen molar-refractivity contribution in [1.29, 1.82) is 0 Å². The number of rotatable bonds is 49. The Morgan fingerprint density at radius 2 is 0.955 bits per heavy atom. The summed E-state index contributed by atoms with van der Waals surface area (Å²) < 4.78 is 59.3. The standard InChI is InChI=1S/C53H102O12S/c1-3-5-7-9-11-13-15-17-19-21-23-25-27-29-31-33-35-37-39-41-43-61-45-47(46-62-53-51(57)52(65-66(58,59)60)50(56)48(44-54)64-53)63-49(55)42-40-38-36-34-32-30-28-26-24-22-20-18-16-14-12-10-8-6-4-2/h18,20,47-48,50-54,56-57H,3-17,19,21-46H2,1-2H3,(H,58,59,60)/b20-18-. The van der Waals surface area contributed by atoms with E-state index in [9.17, 15) is 33.1 Å². The van der Waals surface area contributed by atoms with Crippen LogP contribution in [0.25, 0.3) is 0 Å². The summed E-state index contributed by atoms with van der Waals surface area (Å²) in [7, 11) is -5.06. The highest BCUT2D eigenvalue weighted by atomic mass is 32.3. The van der Waals surface area contributed by atoms with Crippen molar-refractivity contribution in [1.82, 2.24) is 0 Å². The molecule has 0 aromatic carbocycles. The average Bonchev–Trinajstić information content (AvgIpc) is 3.29. The number of carbonyl (C=O) groups excluding carboxylic acids is 1. The third-order valence-electron chi connectivity index (χ3n) is 12.9. The van der Waals surface area contributed by atoms with E-state index in [0.29, 0.717) is 13.0 Å². The van der Waals surface area contributed by atoms with Gasteiger partial charge in [0.15, 0.2) is 6.29 Å². The minimum absolute atomic E-state index is 0.0418. The number of unbranched alkanes of at least 4 members (excludes halogenated alkanes) is 34. The molecule has 1 fully saturated rings. The van der Waals surface area contributed by atoms with Gasteiger partial charge >= 0.3 is 16.4 Å². The number of carbonyl (C=O) groups is 1. The fourth-order valence-electron chi connectivity index (χ4n) is 8.73. The zero-order valence-corrected chi connectivity index (χ0v) is 43.1. The summed E-state index contributed by atoms with van der Waals surface area (Å²) in [5.41, 5.74) is 0. The van der Waals surface area contributed by atoms with Gasteiger partial charge in [-0.2, -0.15) is 8.42 Å². The lowest BCUT2D eigenvalue weighted by molar-refractivity contribution is -0.301. The number of allylic oxidation sites excluding steroid dienone is 2. The smallest absolute Gasteiger partial charge is 0.397 e. The maximum Gasteiger partial charge on any atom is 0.397 e. The van der Waals surface area contributed by atoms with Crippen molar-refractivity contribution in [2.24, 2.45) is 0 Å². The molecule has 1 aliphatic rings. The van der Waals surface area contributed by atoms with Gasteiger partial charge in [-0.25, -0.2) is 4.18 Å². The molecule has 1 aliphatic heterocycles. The molecule has 12 nitrogen and oxygen atoms in total. The Kier molecular flexibility index (Phi) is 42.9. The molecular weight excluding hydrogens is 861 g/mol. The van der Waals surface area contributed by atoms with E-state index in [1.165, 1.54) is 193 Å². The van der Waals surface area contributed by atoms with E-state index >= 15 is 0 Å². The summed E-state index contributed by atoms with van der Waals surface area (Å²) in [6.45, 7) is 4.05. The van der Waals surface area contributed by atoms with Crippen LogP contribution >= 0.6 is 0 Å². The number of aliphatic hydroxyl groups excluding tert-OH is 3. The summed E-state index contributed by atoms with van der Waals surface area (Å²) in [5, 5.41) is 30.8. The van der Waals surface area contributed by atoms with Crippen LogP contribution < -0.4 is 0 Å². The molecule has 4 N–H and O–H groups in total. The molecule has 1 rings (SSSR count). The maximum absolute atomic E-state index is 12.9. The average molecular weight is 963 g/mol. The molecule has 0 spiro atoms. The minimum atomic E-state index is -5.06. The molecule has 0 bridgehead atoms. The lowest BCUT2D eigenvalue weighted by atomic mass is 9.99. The first-order chi connectivity index (χ1) is 32.1. The van der Waals surface area contributed by atoms with Gasteiger partial charge in [-0.05, 0) is 38.5 Å². The van der Waals surface area contributed by atoms with Gasteiger partial charge in [-0.15, -0.1) is 0 Å². The molecule has 0 aromatic rings. The SMILES string of the molecule is CCCCCCCC/C=C\CCCCCCCCCCCC(=O)OC(COCCCCCCCCCCCCCCCCCCCCCC)COC1OC(CO)C(O)C(OS(=O)(=O)O)C1O. The van der Waals surface area contributed by atoms with Crippen LogP contribution in [0.2, 0.25) is 0 Å². The molecule has 1 heterocycles. The van der Waals surface area contributed by atoms with Crippen LogP contribution in [0.15, 0.2) is 12.2 Å². The lowest BCUT2D eigenvalue weighted by Crippen LogP contribution is -2.60. The van der Waals surface area contributed by atoms with Crippen LogP contribution in [0, 0.1) is 0 Å². The number of aliphatic hydroxyl groups is 3. The van der Waals surface area contributed by atoms with Gasteiger partial charge in [0.2, 0.25) is 0 Å². The Balaban J connectivity index is 2.32. The van der Waals surface area contributed by atoms with Crippen molar-refractivity contribution in [2.45, 2.75) is 295 Å². The minimum Gasteiger partial charge on any atom is -0.457 e. The molecule has 1 saturated heterocycles. The van der Waals surface area contributed by atoms with Gasteiger partial charge in [0.1, 0.15) is 30.5 Å². The first kappa shape index (κ1) is 62.9. The monoisotopic (exact) mass is 963 g/mol. The predicted molar refractivity (Wildman–Crippen MR) is 267 cm³/mol. The van der Waals surface area contributed by atoms with Crippen LogP contribution in [-0.4, -0.2) is 97.5 Å². The van der Waals surface area contributed by atoms with Crippen molar-refractivity contribution in [3.05, 3.63) is 12.2 Å². The molecule has 0 aliphatic carbocycles. The normalized spacial score (nSPS) is 19.5. The van der Waals surface area contributed by atoms with Gasteiger partial charge in [-0.3, -0.25) is 9.35 Å². The summed E-state index contributed by atoms with van der Waals surface area (Å²) in [5.74, 6) is -0.395. The summed E-state index contributed by atoms with van der Waals surface area (Å²) >= 11 is 0. The molecule has 0 amide bonds. The van der Waals surface area contributed by atoms with Gasteiger partial charge < -0.3 is 34.3 Å². The molecule has 392 valence electrons. The molecular formula is C53H102O12S. The van der Waals surface area contributed by atoms with Crippen LogP contribution in [0.1, 0.15) is 258 Å². The van der Waals surface area contributed by atoms with E-state index in [-0.39, 0.29) is 19.6 Å². The largest absolute Gasteiger partial charge is 0.457 e. The fraction of sp³-hybridized carbons (Fsp3) is 0.943. The molecule has 66 heavy (non-hydrogen) atoms. The van der Waals surface area contributed by atoms with Crippen molar-refractivity contribution >= 4 is 16.4 Å². The Morgan fingerprint density at radius 3 is 1.36 bits per heavy atom. The van der Waals surface area contributed by atoms with E-state index in [1.807, 2.05) is 0 Å². The van der Waals surface area contributed by atoms with Crippen molar-refractivity contribution in [3.63, 3.8) is 0 Å². The number of ether oxygens (including phenoxy) is 4. The van der Waals surface area contributed by atoms with E-state index in [2.05, 4.69) is 30.2 Å². The highest BCUT2D eigenvalue weighted by Crippen LogP contribution is 2.26. The van der Waals surface area contributed by atoms with Crippen LogP contribution in [0.5, 0.6) is 0 Å². The quantitative estimate of drug-likeness (QED) is 0.0197. The third-order valence-corrected chi connectivity index (χ3v) is 13.4. The lowest BCUT2D eigenvalue weighted by Gasteiger charge is -2.41. The second-order valence-electron chi connectivity index (χ2n) is 19.2. The van der Waals surface area contributed by atoms with Crippen LogP contribution in [0.4, 0.5) is 0 Å². The summed E-state index contributed by atoms with van der Waals surface area (Å²) in [4.78, 5) is 12.9. The van der Waals surface area contributed by atoms with E-state index in [4.69, 9.17) is 18.9 Å². The van der Waals surface area contributed by atoms with E-state index in [1.54, 1.807) is 0 Å². The second-order valence-corrected chi connectivity index (χ2v) is 20.2. The Hall–Kier alpha value is -1.16. The number of hydrogen-bond acceptors (Lipinski definition) is 11. The highest BCUT2D eigenvalue weighted by Gasteiger charge is 2.48. The molecule has 13 heteroatoms. The van der Waals surface area contributed by atoms with Crippen LogP contribution in [-0.2, 0) is 38.3 Å². The summed E-state index contributed by atoms with van der Waals surface area (Å²) in [6.07, 6.45) is 42.4. The van der Waals surface area contributed by atoms with Gasteiger partial charge in [0, 0.05) is 13.0 Å². The molecule has 6 atom stereocenters. The topological polar surface area (TPSA) is 178 Å². The second kappa shape index (κ2) is 45.0. The van der Waals surface area contributed by atoms with E-state index < -0.39 is 59.8 Å². The first-order valence-electron chi connectivity index (χ1n) is 27.4. The number of hydrogen-bond donors (Lipinski definition) is 4. The number of esters is 1. The van der Waals surface area contributed by atoms with E-state index in [0.717, 1.165) is 38.5 Å². The Morgan fingerprint density at radius 1 is 0.561 bits per heavy atom. The maximum atomic E-state index is 12.9.